The number of methoxy groups -OCH3 is 1. The Morgan fingerprint density at radius 3 is 2.93 bits per heavy atom. The summed E-state index contributed by atoms with van der Waals surface area (Å²) in [6.07, 6.45) is 1.10. The van der Waals surface area contributed by atoms with E-state index in [0.29, 0.717) is 5.88 Å². The van der Waals surface area contributed by atoms with Crippen LogP contribution in [0.5, 0.6) is 5.88 Å². The third kappa shape index (κ3) is 2.03. The van der Waals surface area contributed by atoms with Gasteiger partial charge in [0, 0.05) is 13.1 Å². The fourth-order valence-corrected chi connectivity index (χ4v) is 2.32. The van der Waals surface area contributed by atoms with Crippen molar-refractivity contribution in [1.82, 2.24) is 13.6 Å². The van der Waals surface area contributed by atoms with Crippen LogP contribution in [0.4, 0.5) is 0 Å². The third-order valence-corrected chi connectivity index (χ3v) is 3.26. The van der Waals surface area contributed by atoms with Crippen molar-refractivity contribution in [3.8, 4) is 5.88 Å². The zero-order chi connectivity index (χ0) is 10.8. The Kier molecular flexibility index (Phi) is 3.02. The molecule has 0 amide bonds. The molecule has 82 valence electrons. The maximum Gasteiger partial charge on any atom is 0.253 e. The summed E-state index contributed by atoms with van der Waals surface area (Å²) in [5, 5.41) is 0. The summed E-state index contributed by atoms with van der Waals surface area (Å²) >= 11 is 1.21. The number of hydrogen-bond acceptors (Lipinski definition) is 5. The van der Waals surface area contributed by atoms with E-state index in [1.54, 1.807) is 7.11 Å². The van der Waals surface area contributed by atoms with Crippen molar-refractivity contribution < 1.29 is 4.74 Å². The Bertz CT molecular complexity index is 386. The van der Waals surface area contributed by atoms with Crippen LogP contribution in [0.15, 0.2) is 5.57 Å². The summed E-state index contributed by atoms with van der Waals surface area (Å²) in [7, 11) is 3.77. The summed E-state index contributed by atoms with van der Waals surface area (Å²) in [6, 6.07) is 0. The van der Waals surface area contributed by atoms with Crippen molar-refractivity contribution in [1.29, 1.82) is 0 Å². The minimum Gasteiger partial charge on any atom is -0.479 e. The SMILES string of the molecule is COc1nsnc1C1=C(C)CCN(C)C1. The van der Waals surface area contributed by atoms with E-state index in [4.69, 9.17) is 4.74 Å². The summed E-state index contributed by atoms with van der Waals surface area (Å²) in [6.45, 7) is 4.23. The van der Waals surface area contributed by atoms with E-state index in [0.717, 1.165) is 25.2 Å². The Morgan fingerprint density at radius 1 is 1.40 bits per heavy atom. The number of hydrogen-bond donors (Lipinski definition) is 0. The van der Waals surface area contributed by atoms with E-state index in [1.165, 1.54) is 22.9 Å². The van der Waals surface area contributed by atoms with Gasteiger partial charge >= 0.3 is 0 Å². The van der Waals surface area contributed by atoms with E-state index in [1.807, 2.05) is 0 Å². The minimum absolute atomic E-state index is 0.657. The topological polar surface area (TPSA) is 38.3 Å². The second-order valence-corrected chi connectivity index (χ2v) is 4.40. The van der Waals surface area contributed by atoms with Crippen LogP contribution in [0, 0.1) is 0 Å². The largest absolute Gasteiger partial charge is 0.479 e. The molecule has 5 heteroatoms. The van der Waals surface area contributed by atoms with E-state index in [9.17, 15) is 0 Å². The summed E-state index contributed by atoms with van der Waals surface area (Å²) < 4.78 is 13.6. The van der Waals surface area contributed by atoms with Crippen LogP contribution in [0.25, 0.3) is 5.57 Å². The zero-order valence-corrected chi connectivity index (χ0v) is 10.1. The smallest absolute Gasteiger partial charge is 0.253 e. The van der Waals surface area contributed by atoms with Gasteiger partial charge in [-0.3, -0.25) is 0 Å². The molecule has 4 nitrogen and oxygen atoms in total. The first-order valence-corrected chi connectivity index (χ1v) is 5.69. The van der Waals surface area contributed by atoms with E-state index >= 15 is 0 Å². The van der Waals surface area contributed by atoms with Gasteiger partial charge in [-0.05, 0) is 26.0 Å². The third-order valence-electron chi connectivity index (χ3n) is 2.75. The lowest BCUT2D eigenvalue weighted by Crippen LogP contribution is -2.27. The summed E-state index contributed by atoms with van der Waals surface area (Å²) in [5.74, 6) is 0.657. The maximum absolute atomic E-state index is 5.21. The molecule has 0 unspecified atom stereocenters. The average Bonchev–Trinajstić information content (AvgIpc) is 2.69. The molecule has 0 saturated carbocycles. The molecule has 0 saturated heterocycles. The van der Waals surface area contributed by atoms with Crippen molar-refractivity contribution in [3.05, 3.63) is 11.3 Å². The molecular weight excluding hydrogens is 210 g/mol. The Hall–Kier alpha value is -0.940. The van der Waals surface area contributed by atoms with E-state index in [-0.39, 0.29) is 0 Å². The molecule has 0 aliphatic carbocycles. The lowest BCUT2D eigenvalue weighted by atomic mass is 9.99. The van der Waals surface area contributed by atoms with Gasteiger partial charge in [-0.25, -0.2) is 0 Å². The highest BCUT2D eigenvalue weighted by Crippen LogP contribution is 2.30. The molecule has 0 spiro atoms. The van der Waals surface area contributed by atoms with Crippen LogP contribution in [0.1, 0.15) is 19.0 Å². The first kappa shape index (κ1) is 10.6. The minimum atomic E-state index is 0.657. The van der Waals surface area contributed by atoms with Crippen LogP contribution in [0.2, 0.25) is 0 Å². The molecule has 1 aromatic rings. The predicted molar refractivity (Wildman–Crippen MR) is 61.2 cm³/mol. The van der Waals surface area contributed by atoms with Crippen LogP contribution in [-0.4, -0.2) is 40.9 Å². The van der Waals surface area contributed by atoms with Crippen LogP contribution >= 0.6 is 11.7 Å². The van der Waals surface area contributed by atoms with Gasteiger partial charge in [0.05, 0.1) is 18.8 Å². The first-order valence-electron chi connectivity index (χ1n) is 4.96. The standard InChI is InChI=1S/C10H15N3OS/c1-7-4-5-13(2)6-8(7)9-10(14-3)12-15-11-9/h4-6H2,1-3H3. The van der Waals surface area contributed by atoms with Crippen LogP contribution < -0.4 is 4.74 Å². The quantitative estimate of drug-likeness (QED) is 0.767. The molecule has 0 fully saturated rings. The highest BCUT2D eigenvalue weighted by molar-refractivity contribution is 6.99. The fourth-order valence-electron chi connectivity index (χ4n) is 1.77. The van der Waals surface area contributed by atoms with Gasteiger partial charge in [0.15, 0.2) is 0 Å². The molecular formula is C10H15N3OS. The lowest BCUT2D eigenvalue weighted by molar-refractivity contribution is 0.363. The highest BCUT2D eigenvalue weighted by atomic mass is 32.1. The molecule has 1 aromatic heterocycles. The van der Waals surface area contributed by atoms with Crippen molar-refractivity contribution in [2.24, 2.45) is 0 Å². The van der Waals surface area contributed by atoms with Gasteiger partial charge in [0.25, 0.3) is 5.88 Å². The Balaban J connectivity index is 2.37. The van der Waals surface area contributed by atoms with Gasteiger partial charge in [-0.2, -0.15) is 4.37 Å². The molecule has 2 rings (SSSR count). The summed E-state index contributed by atoms with van der Waals surface area (Å²) in [5.41, 5.74) is 3.60. The average molecular weight is 225 g/mol. The zero-order valence-electron chi connectivity index (χ0n) is 9.28. The van der Waals surface area contributed by atoms with Gasteiger partial charge in [-0.15, -0.1) is 4.37 Å². The van der Waals surface area contributed by atoms with Crippen LogP contribution in [-0.2, 0) is 0 Å². The number of aromatic nitrogens is 2. The summed E-state index contributed by atoms with van der Waals surface area (Å²) in [4.78, 5) is 2.29. The molecule has 2 heterocycles. The Labute approximate surface area is 93.9 Å². The molecule has 0 N–H and O–H groups in total. The second-order valence-electron chi connectivity index (χ2n) is 3.87. The molecule has 0 bridgehead atoms. The molecule has 1 aliphatic rings. The monoisotopic (exact) mass is 225 g/mol. The number of rotatable bonds is 2. The second kappa shape index (κ2) is 4.28. The van der Waals surface area contributed by atoms with E-state index < -0.39 is 0 Å². The number of nitrogens with zero attached hydrogens (tertiary/aromatic N) is 3. The van der Waals surface area contributed by atoms with Gasteiger partial charge in [0.2, 0.25) is 0 Å². The van der Waals surface area contributed by atoms with Gasteiger partial charge in [0.1, 0.15) is 5.69 Å². The molecule has 0 aromatic carbocycles. The van der Waals surface area contributed by atoms with Crippen molar-refractivity contribution in [2.75, 3.05) is 27.2 Å². The first-order chi connectivity index (χ1) is 7.22. The van der Waals surface area contributed by atoms with E-state index in [2.05, 4.69) is 27.6 Å². The molecule has 15 heavy (non-hydrogen) atoms. The normalized spacial score (nSPS) is 18.3. The van der Waals surface area contributed by atoms with Gasteiger partial charge in [-0.1, -0.05) is 5.57 Å². The predicted octanol–water partition coefficient (Wildman–Crippen LogP) is 1.66. The molecule has 0 radical (unpaired) electrons. The fraction of sp³-hybridized carbons (Fsp3) is 0.600. The number of likely N-dealkylation sites (N-methyl/N-ethyl adjacent to an activating group) is 1. The Morgan fingerprint density at radius 2 is 2.20 bits per heavy atom. The van der Waals surface area contributed by atoms with Crippen molar-refractivity contribution in [2.45, 2.75) is 13.3 Å². The van der Waals surface area contributed by atoms with Crippen molar-refractivity contribution >= 4 is 17.3 Å². The maximum atomic E-state index is 5.21. The highest BCUT2D eigenvalue weighted by Gasteiger charge is 2.20. The van der Waals surface area contributed by atoms with Crippen molar-refractivity contribution in [3.63, 3.8) is 0 Å². The molecule has 1 aliphatic heterocycles. The van der Waals surface area contributed by atoms with Crippen LogP contribution in [0.3, 0.4) is 0 Å². The molecule has 0 atom stereocenters. The van der Waals surface area contributed by atoms with Gasteiger partial charge < -0.3 is 9.64 Å². The lowest BCUT2D eigenvalue weighted by Gasteiger charge is -2.25. The number of ether oxygens (including phenoxy) is 1.